The Morgan fingerprint density at radius 2 is 2.06 bits per heavy atom. The van der Waals surface area contributed by atoms with Crippen LogP contribution in [0.25, 0.3) is 11.0 Å². The van der Waals surface area contributed by atoms with E-state index in [1.54, 1.807) is 13.2 Å². The van der Waals surface area contributed by atoms with E-state index in [2.05, 4.69) is 18.8 Å². The Kier molecular flexibility index (Phi) is 6.44. The topological polar surface area (TPSA) is 67.5 Å². The van der Waals surface area contributed by atoms with Crippen molar-refractivity contribution in [2.75, 3.05) is 26.8 Å². The summed E-state index contributed by atoms with van der Waals surface area (Å²) in [7, 11) is 1.61. The molecule has 1 amide bonds. The minimum atomic E-state index is 0.0211. The summed E-state index contributed by atoms with van der Waals surface area (Å²) in [6.07, 6.45) is 2.96. The number of amides is 1. The van der Waals surface area contributed by atoms with Crippen LogP contribution in [0.3, 0.4) is 0 Å². The molecule has 164 valence electrons. The third-order valence-corrected chi connectivity index (χ3v) is 5.87. The highest BCUT2D eigenvalue weighted by Gasteiger charge is 2.28. The lowest BCUT2D eigenvalue weighted by Gasteiger charge is -2.32. The van der Waals surface area contributed by atoms with E-state index in [9.17, 15) is 4.79 Å². The minimum Gasteiger partial charge on any atom is -0.493 e. The number of H-pyrrole nitrogens is 1. The molecule has 1 fully saturated rings. The Bertz CT molecular complexity index is 1010. The lowest BCUT2D eigenvalue weighted by molar-refractivity contribution is 0.0704. The number of fused-ring (bicyclic) bond motifs is 1. The van der Waals surface area contributed by atoms with Gasteiger partial charge in [0, 0.05) is 24.6 Å². The summed E-state index contributed by atoms with van der Waals surface area (Å²) in [5.41, 5.74) is 2.63. The second-order valence-electron chi connectivity index (χ2n) is 8.63. The molecule has 1 aliphatic heterocycles. The molecule has 31 heavy (non-hydrogen) atoms. The third-order valence-electron chi connectivity index (χ3n) is 5.87. The van der Waals surface area contributed by atoms with E-state index in [-0.39, 0.29) is 11.8 Å². The van der Waals surface area contributed by atoms with E-state index in [4.69, 9.17) is 14.5 Å². The number of carbonyl (C=O) groups is 1. The van der Waals surface area contributed by atoms with Crippen molar-refractivity contribution >= 4 is 16.9 Å². The van der Waals surface area contributed by atoms with Crippen LogP contribution in [0, 0.1) is 5.92 Å². The van der Waals surface area contributed by atoms with Gasteiger partial charge in [-0.3, -0.25) is 4.79 Å². The summed E-state index contributed by atoms with van der Waals surface area (Å²) < 4.78 is 11.4. The second kappa shape index (κ2) is 9.41. The number of aromatic nitrogens is 2. The number of carbonyl (C=O) groups excluding carboxylic acids is 1. The number of methoxy groups -OCH3 is 1. The molecule has 0 spiro atoms. The highest BCUT2D eigenvalue weighted by Crippen LogP contribution is 2.31. The van der Waals surface area contributed by atoms with Gasteiger partial charge in [-0.15, -0.1) is 0 Å². The molecular formula is C25H31N3O3. The third kappa shape index (κ3) is 4.84. The number of ether oxygens (including phenoxy) is 2. The number of nitrogens with zero attached hydrogens (tertiary/aromatic N) is 2. The number of piperidine rings is 1. The average Bonchev–Trinajstić information content (AvgIpc) is 3.23. The highest BCUT2D eigenvalue weighted by atomic mass is 16.5. The van der Waals surface area contributed by atoms with Crippen LogP contribution in [-0.4, -0.2) is 47.6 Å². The predicted molar refractivity (Wildman–Crippen MR) is 122 cm³/mol. The Hall–Kier alpha value is -3.02. The van der Waals surface area contributed by atoms with Gasteiger partial charge < -0.3 is 19.4 Å². The van der Waals surface area contributed by atoms with Gasteiger partial charge in [0.15, 0.2) is 11.5 Å². The fourth-order valence-electron chi connectivity index (χ4n) is 4.06. The van der Waals surface area contributed by atoms with Crippen molar-refractivity contribution in [3.05, 3.63) is 53.9 Å². The molecule has 1 aliphatic rings. The van der Waals surface area contributed by atoms with Gasteiger partial charge in [0.25, 0.3) is 5.91 Å². The molecule has 0 radical (unpaired) electrons. The Morgan fingerprint density at radius 1 is 1.23 bits per heavy atom. The van der Waals surface area contributed by atoms with Crippen LogP contribution in [0.15, 0.2) is 42.5 Å². The molecule has 3 aromatic rings. The number of aromatic amines is 1. The first-order valence-electron chi connectivity index (χ1n) is 11.1. The van der Waals surface area contributed by atoms with Gasteiger partial charge in [0.1, 0.15) is 5.82 Å². The van der Waals surface area contributed by atoms with E-state index < -0.39 is 0 Å². The molecule has 0 aliphatic carbocycles. The summed E-state index contributed by atoms with van der Waals surface area (Å²) >= 11 is 0. The first-order chi connectivity index (χ1) is 15.0. The van der Waals surface area contributed by atoms with Crippen molar-refractivity contribution in [3.63, 3.8) is 0 Å². The monoisotopic (exact) mass is 421 g/mol. The maximum atomic E-state index is 13.2. The van der Waals surface area contributed by atoms with Crippen LogP contribution in [0.4, 0.5) is 0 Å². The van der Waals surface area contributed by atoms with Crippen molar-refractivity contribution in [2.24, 2.45) is 5.92 Å². The van der Waals surface area contributed by atoms with Gasteiger partial charge in [-0.05, 0) is 55.5 Å². The van der Waals surface area contributed by atoms with Crippen molar-refractivity contribution in [2.45, 2.75) is 39.0 Å². The standard InChI is InChI=1S/C25H31N3O3/c1-17(2)12-14-31-22-11-10-18(15-23(22)30-3)25(29)28-13-6-7-19(16-28)24-26-20-8-4-5-9-21(20)27-24/h4-5,8-11,15,17,19H,6-7,12-14,16H2,1-3H3,(H,26,27). The molecule has 6 heteroatoms. The van der Waals surface area contributed by atoms with E-state index in [1.807, 2.05) is 41.3 Å². The predicted octanol–water partition coefficient (Wildman–Crippen LogP) is 5.02. The fraction of sp³-hybridized carbons (Fsp3) is 0.440. The zero-order valence-corrected chi connectivity index (χ0v) is 18.6. The molecule has 0 saturated carbocycles. The number of nitrogens with one attached hydrogen (secondary N) is 1. The van der Waals surface area contributed by atoms with Gasteiger partial charge in [-0.2, -0.15) is 0 Å². The first kappa shape index (κ1) is 21.2. The van der Waals surface area contributed by atoms with Crippen molar-refractivity contribution in [1.82, 2.24) is 14.9 Å². The van der Waals surface area contributed by atoms with E-state index in [0.29, 0.717) is 36.1 Å². The van der Waals surface area contributed by atoms with Crippen LogP contribution in [0.1, 0.15) is 55.2 Å². The van der Waals surface area contributed by atoms with Crippen molar-refractivity contribution in [1.29, 1.82) is 0 Å². The average molecular weight is 422 g/mol. The van der Waals surface area contributed by atoms with E-state index in [1.165, 1.54) is 0 Å². The lowest BCUT2D eigenvalue weighted by Crippen LogP contribution is -2.39. The number of benzene rings is 2. The molecule has 0 bridgehead atoms. The molecule has 1 N–H and O–H groups in total. The van der Waals surface area contributed by atoms with Crippen LogP contribution in [0.5, 0.6) is 11.5 Å². The van der Waals surface area contributed by atoms with Gasteiger partial charge in [-0.1, -0.05) is 26.0 Å². The van der Waals surface area contributed by atoms with Crippen LogP contribution in [-0.2, 0) is 0 Å². The first-order valence-corrected chi connectivity index (χ1v) is 11.1. The van der Waals surface area contributed by atoms with E-state index >= 15 is 0 Å². The summed E-state index contributed by atoms with van der Waals surface area (Å²) in [5.74, 6) is 3.05. The molecule has 1 unspecified atom stereocenters. The smallest absolute Gasteiger partial charge is 0.254 e. The Morgan fingerprint density at radius 3 is 2.84 bits per heavy atom. The van der Waals surface area contributed by atoms with Gasteiger partial charge >= 0.3 is 0 Å². The summed E-state index contributed by atoms with van der Waals surface area (Å²) in [4.78, 5) is 23.3. The molecule has 2 heterocycles. The molecular weight excluding hydrogens is 390 g/mol. The Labute approximate surface area is 183 Å². The molecule has 1 aromatic heterocycles. The maximum Gasteiger partial charge on any atom is 0.254 e. The fourth-order valence-corrected chi connectivity index (χ4v) is 4.06. The number of likely N-dealkylation sites (tertiary alicyclic amines) is 1. The van der Waals surface area contributed by atoms with Crippen LogP contribution in [0.2, 0.25) is 0 Å². The SMILES string of the molecule is COc1cc(C(=O)N2CCCC(c3nc4ccccc4[nH]3)C2)ccc1OCCC(C)C. The van der Waals surface area contributed by atoms with Crippen LogP contribution < -0.4 is 9.47 Å². The largest absolute Gasteiger partial charge is 0.493 e. The number of para-hydroxylation sites is 2. The molecule has 1 atom stereocenters. The lowest BCUT2D eigenvalue weighted by atomic mass is 9.96. The number of rotatable bonds is 7. The van der Waals surface area contributed by atoms with Gasteiger partial charge in [-0.25, -0.2) is 4.98 Å². The maximum absolute atomic E-state index is 13.2. The van der Waals surface area contributed by atoms with Crippen molar-refractivity contribution < 1.29 is 14.3 Å². The normalized spacial score (nSPS) is 16.6. The van der Waals surface area contributed by atoms with Gasteiger partial charge in [0.2, 0.25) is 0 Å². The van der Waals surface area contributed by atoms with E-state index in [0.717, 1.165) is 42.7 Å². The molecule has 4 rings (SSSR count). The highest BCUT2D eigenvalue weighted by molar-refractivity contribution is 5.95. The second-order valence-corrected chi connectivity index (χ2v) is 8.63. The quantitative estimate of drug-likeness (QED) is 0.582. The summed E-state index contributed by atoms with van der Waals surface area (Å²) in [6.45, 7) is 6.38. The molecule has 1 saturated heterocycles. The number of hydrogen-bond donors (Lipinski definition) is 1. The zero-order chi connectivity index (χ0) is 21.8. The molecule has 2 aromatic carbocycles. The van der Waals surface area contributed by atoms with Crippen molar-refractivity contribution in [3.8, 4) is 11.5 Å². The number of imidazole rings is 1. The summed E-state index contributed by atoms with van der Waals surface area (Å²) in [5, 5.41) is 0. The van der Waals surface area contributed by atoms with Gasteiger partial charge in [0.05, 0.1) is 24.8 Å². The summed E-state index contributed by atoms with van der Waals surface area (Å²) in [6, 6.07) is 13.5. The molecule has 6 nitrogen and oxygen atoms in total. The minimum absolute atomic E-state index is 0.0211. The van der Waals surface area contributed by atoms with Crippen LogP contribution >= 0.6 is 0 Å². The zero-order valence-electron chi connectivity index (χ0n) is 18.6. The number of hydrogen-bond acceptors (Lipinski definition) is 4. The Balaban J connectivity index is 1.46.